The summed E-state index contributed by atoms with van der Waals surface area (Å²) in [5, 5.41) is 13.6. The average Bonchev–Trinajstić information content (AvgIpc) is 1.72. The Kier molecular flexibility index (Phi) is 24.3. The van der Waals surface area contributed by atoms with E-state index in [1.165, 1.54) is 256 Å². The fraction of sp³-hybridized carbons (Fsp3) is 0.291. The Balaban J connectivity index is 0.000000103. The van der Waals surface area contributed by atoms with Gasteiger partial charge in [-0.15, -0.1) is 0 Å². The molecule has 12 heterocycles. The lowest BCUT2D eigenvalue weighted by Gasteiger charge is -2.13. The molecule has 0 saturated carbocycles. The lowest BCUT2D eigenvalue weighted by Crippen LogP contribution is -2.38. The second-order valence-corrected chi connectivity index (χ2v) is 41.9. The molecule has 18 aromatic rings. The summed E-state index contributed by atoms with van der Waals surface area (Å²) >= 11 is 0. The van der Waals surface area contributed by atoms with Gasteiger partial charge in [-0.3, -0.25) is 0 Å². The van der Waals surface area contributed by atoms with E-state index >= 15 is 0 Å². The van der Waals surface area contributed by atoms with Crippen LogP contribution in [0.5, 0.6) is 0 Å². The lowest BCUT2D eigenvalue weighted by atomic mass is 9.89. The minimum absolute atomic E-state index is 0.561. The number of rotatable bonds is 9. The highest BCUT2D eigenvalue weighted by Crippen LogP contribution is 2.44. The van der Waals surface area contributed by atoms with E-state index in [9.17, 15) is 0 Å². The highest BCUT2D eigenvalue weighted by atomic mass is 15.0. The normalized spacial score (nSPS) is 12.7. The van der Waals surface area contributed by atoms with Gasteiger partial charge in [-0.25, -0.2) is 0 Å². The van der Waals surface area contributed by atoms with E-state index in [1.54, 1.807) is 11.1 Å². The Bertz CT molecular complexity index is 7750. The van der Waals surface area contributed by atoms with E-state index in [4.69, 9.17) is 0 Å². The first-order valence-corrected chi connectivity index (χ1v) is 49.2. The van der Waals surface area contributed by atoms with Crippen molar-refractivity contribution in [2.24, 2.45) is 23.7 Å². The monoisotopic (exact) mass is 1740 g/mol. The van der Waals surface area contributed by atoms with Gasteiger partial charge in [-0.1, -0.05) is 191 Å². The summed E-state index contributed by atoms with van der Waals surface area (Å²) in [6.07, 6.45) is 11.3. The maximum Gasteiger partial charge on any atom is 0.221 e. The van der Waals surface area contributed by atoms with Gasteiger partial charge in [0.15, 0.2) is 63.6 Å². The molecule has 0 amide bonds. The van der Waals surface area contributed by atoms with Crippen molar-refractivity contribution in [3.63, 3.8) is 0 Å². The fourth-order valence-electron chi connectivity index (χ4n) is 23.1. The molecule has 6 heteroatoms. The smallest absolute Gasteiger partial charge is 0.193 e. The van der Waals surface area contributed by atoms with Crippen LogP contribution in [0.1, 0.15) is 203 Å². The van der Waals surface area contributed by atoms with Crippen molar-refractivity contribution in [2.75, 3.05) is 0 Å². The molecule has 0 N–H and O–H groups in total. The Morgan fingerprint density at radius 3 is 1.05 bits per heavy atom. The third-order valence-corrected chi connectivity index (χ3v) is 28.9. The molecule has 6 nitrogen and oxygen atoms in total. The van der Waals surface area contributed by atoms with E-state index in [2.05, 4.69) is 441 Å². The van der Waals surface area contributed by atoms with Crippen LogP contribution in [0, 0.1) is 107 Å². The van der Waals surface area contributed by atoms with Gasteiger partial charge in [-0.05, 0) is 316 Å². The maximum absolute atomic E-state index is 2.55. The molecule has 0 atom stereocenters. The molecule has 24 rings (SSSR count). The fourth-order valence-corrected chi connectivity index (χ4v) is 23.1. The number of aromatic nitrogens is 6. The molecule has 666 valence electrons. The first-order valence-electron chi connectivity index (χ1n) is 49.2. The van der Waals surface area contributed by atoms with Crippen LogP contribution in [0.3, 0.4) is 0 Å². The van der Waals surface area contributed by atoms with E-state index < -0.39 is 0 Å². The van der Waals surface area contributed by atoms with Crippen molar-refractivity contribution in [1.29, 1.82) is 0 Å². The summed E-state index contributed by atoms with van der Waals surface area (Å²) in [6, 6.07) is 90.9. The Morgan fingerprint density at radius 1 is 0.233 bits per heavy atom. The standard InChI is InChI=1S/C25H30N.2C22H24N.C21H22N.C19H18N.C18H16N/c1-16(2)10-19-13-21(11-17(3)4)23-15-26-24-9-7-6-8-20(24)12-18(5)25(26)22(23)14-19;1-14(2)9-17-5-6-18-7-8-23-13-21-16(4)10-15(3)11-20(21)22(23)19(18)12-17;1-14(2)9-18-12-17-7-5-6-8-19(17)22-20-11-15(3)10-16(4)21(20)13-23(18)22;1-13(2)17-6-5-16-7-8-22-12-20-15(4)9-14(3)10-19(20)21(22)18(16)11-17;1-12-8-13(2)17-11-20-18-7-5-4-6-15(18)10-14(3)19(20)16(17)9-12;1-12-9-13(2)17-11-19-8-7-14-5-3-4-6-15(14)18(19)16(17)10-12/h6-9,12-14,16-17H,10-11,15H2,1-5H3;2*5-8,10-12,14H,9,13H2,1-4H3;5-11,13H,12H2,1-4H3;4-10H,11H2,1-3H3;3-10H,11H2,1-2H3/q6*+1. The van der Waals surface area contributed by atoms with Gasteiger partial charge in [0.2, 0.25) is 45.2 Å². The minimum Gasteiger partial charge on any atom is -0.193 e. The van der Waals surface area contributed by atoms with Crippen LogP contribution in [0.4, 0.5) is 0 Å². The summed E-state index contributed by atoms with van der Waals surface area (Å²) < 4.78 is 14.8. The largest absolute Gasteiger partial charge is 0.221 e. The Morgan fingerprint density at radius 2 is 0.586 bits per heavy atom. The van der Waals surface area contributed by atoms with Crippen molar-refractivity contribution >= 4 is 64.9 Å². The van der Waals surface area contributed by atoms with Gasteiger partial charge >= 0.3 is 0 Å². The number of pyridine rings is 6. The molecule has 0 unspecified atom stereocenters. The van der Waals surface area contributed by atoms with Crippen LogP contribution in [0.15, 0.2) is 261 Å². The third-order valence-electron chi connectivity index (χ3n) is 28.9. The van der Waals surface area contributed by atoms with Crippen molar-refractivity contribution in [1.82, 2.24) is 0 Å². The number of para-hydroxylation sites is 2. The average molecular weight is 1740 g/mol. The molecule has 0 fully saturated rings. The zero-order chi connectivity index (χ0) is 93.0. The molecule has 0 saturated heterocycles. The van der Waals surface area contributed by atoms with Crippen LogP contribution in [0.2, 0.25) is 0 Å². The Hall–Kier alpha value is -12.9. The van der Waals surface area contributed by atoms with Gasteiger partial charge in [0, 0.05) is 98.1 Å². The third kappa shape index (κ3) is 17.2. The lowest BCUT2D eigenvalue weighted by molar-refractivity contribution is -0.678. The summed E-state index contributed by atoms with van der Waals surface area (Å²) in [6.45, 7) is 55.7. The summed E-state index contributed by atoms with van der Waals surface area (Å²) in [7, 11) is 0. The second-order valence-electron chi connectivity index (χ2n) is 41.9. The van der Waals surface area contributed by atoms with Crippen LogP contribution in [0.25, 0.3) is 132 Å². The number of fused-ring (bicyclic) bond motifs is 30. The molecule has 133 heavy (non-hydrogen) atoms. The Labute approximate surface area is 790 Å². The van der Waals surface area contributed by atoms with Gasteiger partial charge in [0.25, 0.3) is 0 Å². The van der Waals surface area contributed by atoms with Crippen LogP contribution < -0.4 is 27.4 Å². The second kappa shape index (κ2) is 36.2. The van der Waals surface area contributed by atoms with Crippen molar-refractivity contribution < 1.29 is 27.4 Å². The molecule has 0 radical (unpaired) electrons. The number of hydrogen-bond acceptors (Lipinski definition) is 0. The van der Waals surface area contributed by atoms with Gasteiger partial charge in [0.1, 0.15) is 0 Å². The van der Waals surface area contributed by atoms with E-state index in [1.807, 2.05) is 0 Å². The molecule has 6 aliphatic heterocycles. The highest BCUT2D eigenvalue weighted by Gasteiger charge is 2.39. The molecule has 6 aliphatic rings. The SMILES string of the molecule is Cc1cc(C)c2c(c1)-c1c(C)cc3ccccc3[n+]1C2.Cc1cc(C)c2c(c1)-c1c3cc(C(C)C)ccc3cc[n+]1C2.Cc1cc(C)c2c(c1)-c1c3cc(CC(C)C)ccc3cc[n+]1C2.Cc1cc(C)c2c(c1)-c1c3ccccc3cc(CC(C)C)[n+]1C2.Cc1cc(C)c2c(c1)-c1c3ccccc3cc[n+]1C2.Cc1cc2ccccc2[n+]2c1-c1cc(CC(C)C)cc(CC(C)C)c1C2. The van der Waals surface area contributed by atoms with Crippen molar-refractivity contribution in [3.05, 3.63) is 389 Å². The molecule has 12 aromatic carbocycles. The van der Waals surface area contributed by atoms with Crippen molar-refractivity contribution in [2.45, 2.75) is 223 Å². The molecular formula is C127H134N6+6. The number of aryl methyl sites for hydroxylation is 12. The minimum atomic E-state index is 0.561. The molecular weight excluding hydrogens is 1610 g/mol. The summed E-state index contributed by atoms with van der Waals surface area (Å²) in [4.78, 5) is 0. The number of hydrogen-bond donors (Lipinski definition) is 0. The van der Waals surface area contributed by atoms with Gasteiger partial charge in [-0.2, -0.15) is 27.4 Å². The first kappa shape index (κ1) is 89.3. The highest BCUT2D eigenvalue weighted by molar-refractivity contribution is 5.99. The quantitative estimate of drug-likeness (QED) is 0.129. The zero-order valence-corrected chi connectivity index (χ0v) is 83.0. The predicted molar refractivity (Wildman–Crippen MR) is 557 cm³/mol. The number of benzene rings is 12. The zero-order valence-electron chi connectivity index (χ0n) is 83.0. The van der Waals surface area contributed by atoms with Crippen LogP contribution >= 0.6 is 0 Å². The van der Waals surface area contributed by atoms with Gasteiger partial charge in [0.05, 0.1) is 54.9 Å². The van der Waals surface area contributed by atoms with Gasteiger partial charge < -0.3 is 0 Å². The molecule has 0 spiro atoms. The molecule has 6 aromatic heterocycles. The van der Waals surface area contributed by atoms with E-state index in [0.717, 1.165) is 58.5 Å². The summed E-state index contributed by atoms with van der Waals surface area (Å²) in [5.41, 5.74) is 52.6. The molecule has 0 bridgehead atoms. The van der Waals surface area contributed by atoms with Crippen molar-refractivity contribution in [3.8, 4) is 67.5 Å². The number of nitrogens with zero attached hydrogens (tertiary/aromatic N) is 6. The van der Waals surface area contributed by atoms with E-state index in [-0.39, 0.29) is 0 Å². The van der Waals surface area contributed by atoms with Crippen LogP contribution in [-0.2, 0) is 65.0 Å². The topological polar surface area (TPSA) is 23.3 Å². The molecule has 0 aliphatic carbocycles. The summed E-state index contributed by atoms with van der Waals surface area (Å²) in [5.74, 6) is 3.28. The van der Waals surface area contributed by atoms with Crippen LogP contribution in [-0.4, -0.2) is 0 Å². The predicted octanol–water partition coefficient (Wildman–Crippen LogP) is 28.6. The maximum atomic E-state index is 2.55. The van der Waals surface area contributed by atoms with E-state index in [0.29, 0.717) is 29.6 Å². The first-order chi connectivity index (χ1) is 63.9.